The number of esters is 1. The van der Waals surface area contributed by atoms with E-state index < -0.39 is 19.7 Å². The highest BCUT2D eigenvalue weighted by molar-refractivity contribution is 7.54. The van der Waals surface area contributed by atoms with E-state index in [0.29, 0.717) is 6.61 Å². The summed E-state index contributed by atoms with van der Waals surface area (Å²) >= 11 is 0. The lowest BCUT2D eigenvalue weighted by Crippen LogP contribution is -2.08. The van der Waals surface area contributed by atoms with Crippen LogP contribution in [0.5, 0.6) is 0 Å². The number of carbonyl (C=O) groups is 2. The Bertz CT molecular complexity index is 280. The van der Waals surface area contributed by atoms with Gasteiger partial charge < -0.3 is 18.9 Å². The van der Waals surface area contributed by atoms with Crippen LogP contribution in [-0.2, 0) is 27.9 Å². The molecule has 0 fully saturated rings. The van der Waals surface area contributed by atoms with Crippen LogP contribution in [0.4, 0.5) is 0 Å². The molecule has 18 heavy (non-hydrogen) atoms. The quantitative estimate of drug-likeness (QED) is 0.563. The summed E-state index contributed by atoms with van der Waals surface area (Å²) in [5.74, 6) is -1.39. The molecule has 0 saturated heterocycles. The molecule has 0 aromatic carbocycles. The summed E-state index contributed by atoms with van der Waals surface area (Å²) in [4.78, 5) is 20.1. The van der Waals surface area contributed by atoms with Gasteiger partial charge in [-0.25, -0.2) is 0 Å². The average molecular weight is 284 g/mol. The fourth-order valence-electron chi connectivity index (χ4n) is 0.891. The summed E-state index contributed by atoms with van der Waals surface area (Å²) in [5, 5.41) is 8.37. The Morgan fingerprint density at radius 1 is 1.06 bits per heavy atom. The van der Waals surface area contributed by atoms with Gasteiger partial charge in [0.1, 0.15) is 6.16 Å². The van der Waals surface area contributed by atoms with E-state index in [2.05, 4.69) is 4.74 Å². The standard InChI is InChI=1S/C6H13O5P.C4H8O2/c1-3-10-12(9,11-4-2)5-6(7)8;1-3-6-4(2)5/h3-5H2,1-2H3,(H,7,8);3H2,1-2H3. The first-order valence-corrected chi connectivity index (χ1v) is 7.27. The first-order valence-electron chi connectivity index (χ1n) is 5.54. The Kier molecular flexibility index (Phi) is 12.1. The third kappa shape index (κ3) is 13.2. The van der Waals surface area contributed by atoms with Crippen molar-refractivity contribution in [1.29, 1.82) is 0 Å². The lowest BCUT2D eigenvalue weighted by molar-refractivity contribution is -0.140. The van der Waals surface area contributed by atoms with Gasteiger partial charge in [0.05, 0.1) is 19.8 Å². The third-order valence-corrected chi connectivity index (χ3v) is 3.29. The molecule has 0 unspecified atom stereocenters. The summed E-state index contributed by atoms with van der Waals surface area (Å²) in [6, 6.07) is 0. The highest BCUT2D eigenvalue weighted by Crippen LogP contribution is 2.47. The average Bonchev–Trinajstić information content (AvgIpc) is 2.16. The molecule has 0 radical (unpaired) electrons. The van der Waals surface area contributed by atoms with Crippen LogP contribution in [-0.4, -0.2) is 43.0 Å². The van der Waals surface area contributed by atoms with Crippen molar-refractivity contribution in [2.24, 2.45) is 0 Å². The highest BCUT2D eigenvalue weighted by atomic mass is 31.2. The molecule has 1 N–H and O–H groups in total. The van der Waals surface area contributed by atoms with E-state index in [1.807, 2.05) is 0 Å². The summed E-state index contributed by atoms with van der Waals surface area (Å²) in [5.41, 5.74) is 0. The van der Waals surface area contributed by atoms with Gasteiger partial charge >= 0.3 is 19.5 Å². The van der Waals surface area contributed by atoms with Gasteiger partial charge in [-0.1, -0.05) is 0 Å². The van der Waals surface area contributed by atoms with Gasteiger partial charge in [0.15, 0.2) is 0 Å². The normalized spacial score (nSPS) is 10.2. The highest BCUT2D eigenvalue weighted by Gasteiger charge is 2.26. The second-order valence-electron chi connectivity index (χ2n) is 2.92. The number of carboxylic acid groups (broad SMARTS) is 1. The van der Waals surface area contributed by atoms with Crippen molar-refractivity contribution in [2.45, 2.75) is 27.7 Å². The predicted octanol–water partition coefficient (Wildman–Crippen LogP) is 1.91. The Hall–Kier alpha value is -0.910. The number of carboxylic acids is 1. The molecule has 108 valence electrons. The van der Waals surface area contributed by atoms with Crippen molar-refractivity contribution in [1.82, 2.24) is 0 Å². The maximum Gasteiger partial charge on any atom is 0.341 e. The molecule has 0 aliphatic rings. The largest absolute Gasteiger partial charge is 0.481 e. The molecule has 0 saturated carbocycles. The fourth-order valence-corrected chi connectivity index (χ4v) is 2.27. The van der Waals surface area contributed by atoms with Crippen molar-refractivity contribution >= 4 is 19.5 Å². The molecule has 0 aliphatic carbocycles. The smallest absolute Gasteiger partial charge is 0.341 e. The minimum absolute atomic E-state index is 0.185. The topological polar surface area (TPSA) is 99.1 Å². The van der Waals surface area contributed by atoms with E-state index in [1.54, 1.807) is 20.8 Å². The summed E-state index contributed by atoms with van der Waals surface area (Å²) < 4.78 is 25.3. The maximum absolute atomic E-state index is 11.4. The first kappa shape index (κ1) is 19.4. The number of ether oxygens (including phenoxy) is 1. The minimum Gasteiger partial charge on any atom is -0.481 e. The Labute approximate surface area is 107 Å². The molecule has 0 aromatic rings. The van der Waals surface area contributed by atoms with Gasteiger partial charge in [0.2, 0.25) is 0 Å². The monoisotopic (exact) mass is 284 g/mol. The first-order chi connectivity index (χ1) is 8.31. The Balaban J connectivity index is 0. The van der Waals surface area contributed by atoms with Crippen LogP contribution in [0, 0.1) is 0 Å². The van der Waals surface area contributed by atoms with Gasteiger partial charge in [0.25, 0.3) is 0 Å². The predicted molar refractivity (Wildman–Crippen MR) is 65.7 cm³/mol. The molecule has 0 aromatic heterocycles. The molecule has 8 heteroatoms. The van der Waals surface area contributed by atoms with E-state index in [1.165, 1.54) is 6.92 Å². The van der Waals surface area contributed by atoms with E-state index in [-0.39, 0.29) is 19.2 Å². The van der Waals surface area contributed by atoms with Crippen molar-refractivity contribution in [3.8, 4) is 0 Å². The van der Waals surface area contributed by atoms with Gasteiger partial charge in [0, 0.05) is 6.92 Å². The number of rotatable bonds is 7. The SMILES string of the molecule is CCOC(C)=O.CCOP(=O)(CC(=O)O)OCC. The number of hydrogen-bond donors (Lipinski definition) is 1. The maximum atomic E-state index is 11.4. The van der Waals surface area contributed by atoms with E-state index >= 15 is 0 Å². The molecule has 0 atom stereocenters. The van der Waals surface area contributed by atoms with Crippen molar-refractivity contribution in [3.05, 3.63) is 0 Å². The Morgan fingerprint density at radius 3 is 1.67 bits per heavy atom. The molecule has 7 nitrogen and oxygen atoms in total. The number of aliphatic carboxylic acids is 1. The third-order valence-electron chi connectivity index (χ3n) is 1.33. The van der Waals surface area contributed by atoms with E-state index in [9.17, 15) is 14.2 Å². The molecule has 0 amide bonds. The van der Waals surface area contributed by atoms with Crippen LogP contribution in [0.15, 0.2) is 0 Å². The molecule has 0 bridgehead atoms. The van der Waals surface area contributed by atoms with E-state index in [0.717, 1.165) is 0 Å². The molecule has 0 heterocycles. The van der Waals surface area contributed by atoms with Crippen LogP contribution in [0.25, 0.3) is 0 Å². The number of carbonyl (C=O) groups excluding carboxylic acids is 1. The molecule has 0 spiro atoms. The van der Waals surface area contributed by atoms with Gasteiger partial charge in [-0.3, -0.25) is 14.2 Å². The fraction of sp³-hybridized carbons (Fsp3) is 0.800. The molecular formula is C10H21O7P. The number of hydrogen-bond acceptors (Lipinski definition) is 6. The zero-order chi connectivity index (χ0) is 14.6. The van der Waals surface area contributed by atoms with Crippen LogP contribution >= 0.6 is 7.60 Å². The van der Waals surface area contributed by atoms with E-state index in [4.69, 9.17) is 14.2 Å². The van der Waals surface area contributed by atoms with Crippen LogP contribution < -0.4 is 0 Å². The lowest BCUT2D eigenvalue weighted by Gasteiger charge is -2.14. The van der Waals surface area contributed by atoms with Crippen molar-refractivity contribution in [3.63, 3.8) is 0 Å². The zero-order valence-electron chi connectivity index (χ0n) is 11.2. The second kappa shape index (κ2) is 11.2. The summed E-state index contributed by atoms with van der Waals surface area (Å²) in [6.45, 7) is 7.29. The van der Waals surface area contributed by atoms with Crippen LogP contribution in [0.2, 0.25) is 0 Å². The molecular weight excluding hydrogens is 263 g/mol. The Morgan fingerprint density at radius 2 is 1.50 bits per heavy atom. The van der Waals surface area contributed by atoms with Crippen LogP contribution in [0.3, 0.4) is 0 Å². The van der Waals surface area contributed by atoms with Gasteiger partial charge in [-0.15, -0.1) is 0 Å². The van der Waals surface area contributed by atoms with Crippen molar-refractivity contribution in [2.75, 3.05) is 26.0 Å². The zero-order valence-corrected chi connectivity index (χ0v) is 12.1. The lowest BCUT2D eigenvalue weighted by atomic mass is 10.8. The summed E-state index contributed by atoms with van der Waals surface area (Å²) in [7, 11) is -3.38. The summed E-state index contributed by atoms with van der Waals surface area (Å²) in [6.07, 6.45) is -0.575. The van der Waals surface area contributed by atoms with Gasteiger partial charge in [-0.05, 0) is 20.8 Å². The second-order valence-corrected chi connectivity index (χ2v) is 4.98. The molecule has 0 rings (SSSR count). The minimum atomic E-state index is -3.38. The van der Waals surface area contributed by atoms with Crippen LogP contribution in [0.1, 0.15) is 27.7 Å². The van der Waals surface area contributed by atoms with Gasteiger partial charge in [-0.2, -0.15) is 0 Å². The molecule has 0 aliphatic heterocycles. The van der Waals surface area contributed by atoms with Crippen molar-refractivity contribution < 1.29 is 33.0 Å².